The summed E-state index contributed by atoms with van der Waals surface area (Å²) >= 11 is 8.80. The van der Waals surface area contributed by atoms with E-state index in [1.54, 1.807) is 0 Å². The van der Waals surface area contributed by atoms with Crippen LogP contribution in [0.1, 0.15) is 13.8 Å². The summed E-state index contributed by atoms with van der Waals surface area (Å²) in [6.07, 6.45) is 0. The van der Waals surface area contributed by atoms with Crippen molar-refractivity contribution in [1.82, 2.24) is 5.32 Å². The average Bonchev–Trinajstić information content (AvgIpc) is 2.75. The third-order valence-electron chi connectivity index (χ3n) is 4.69. The van der Waals surface area contributed by atoms with Crippen LogP contribution in [-0.2, 0) is 4.79 Å². The summed E-state index contributed by atoms with van der Waals surface area (Å²) in [5.74, 6) is 0.280. The van der Waals surface area contributed by atoms with Gasteiger partial charge in [0.2, 0.25) is 0 Å². The molecule has 0 aliphatic rings. The molecule has 0 fully saturated rings. The number of carbonyl (C=O) groups excluding carboxylic acids is 1. The molecule has 3 aromatic carbocycles. The van der Waals surface area contributed by atoms with E-state index in [0.29, 0.717) is 5.75 Å². The van der Waals surface area contributed by atoms with Crippen molar-refractivity contribution >= 4 is 61.3 Å². The van der Waals surface area contributed by atoms with Crippen LogP contribution < -0.4 is 20.3 Å². The molecule has 3 rings (SSSR count). The Bertz CT molecular complexity index is 1040. The molecule has 0 aliphatic carbocycles. The number of carbonyl (C=O) groups is 1. The number of rotatable bonds is 7. The zero-order valence-corrected chi connectivity index (χ0v) is 19.3. The predicted octanol–water partition coefficient (Wildman–Crippen LogP) is 5.34. The molecule has 3 aromatic rings. The van der Waals surface area contributed by atoms with Crippen LogP contribution in [0, 0.1) is 0 Å². The maximum atomic E-state index is 12.2. The minimum Gasteiger partial charge on any atom is -0.483 e. The molecule has 30 heavy (non-hydrogen) atoms. The molecule has 0 unspecified atom stereocenters. The average molecular weight is 486 g/mol. The summed E-state index contributed by atoms with van der Waals surface area (Å²) in [4.78, 5) is 14.5. The number of fused-ring (bicyclic) bond motifs is 1. The molecular formula is C23H24BrN3O2S. The second-order valence-corrected chi connectivity index (χ2v) is 7.81. The van der Waals surface area contributed by atoms with Crippen LogP contribution >= 0.6 is 28.1 Å². The van der Waals surface area contributed by atoms with Gasteiger partial charge in [0.15, 0.2) is 11.7 Å². The van der Waals surface area contributed by atoms with Crippen molar-refractivity contribution in [2.75, 3.05) is 29.9 Å². The molecule has 2 N–H and O–H groups in total. The standard InChI is InChI=1S/C23H24BrN3O2S/c1-3-27(4-2)18-12-10-17(11-13-18)25-23(30)26-21(28)15-29-20-14-9-16-7-5-6-8-19(16)22(20)24/h5-14H,3-4,15H2,1-2H3,(H2,25,26,28,30). The van der Waals surface area contributed by atoms with Gasteiger partial charge >= 0.3 is 0 Å². The lowest BCUT2D eigenvalue weighted by Gasteiger charge is -2.21. The van der Waals surface area contributed by atoms with Gasteiger partial charge in [-0.15, -0.1) is 0 Å². The Morgan fingerprint density at radius 2 is 1.73 bits per heavy atom. The monoisotopic (exact) mass is 485 g/mol. The number of anilines is 2. The van der Waals surface area contributed by atoms with E-state index in [4.69, 9.17) is 17.0 Å². The molecule has 0 spiro atoms. The number of thiocarbonyl (C=S) groups is 1. The quantitative estimate of drug-likeness (QED) is 0.442. The van der Waals surface area contributed by atoms with Gasteiger partial charge < -0.3 is 15.0 Å². The van der Waals surface area contributed by atoms with Crippen LogP contribution in [0.3, 0.4) is 0 Å². The third-order valence-corrected chi connectivity index (χ3v) is 5.72. The highest BCUT2D eigenvalue weighted by atomic mass is 79.9. The Hall–Kier alpha value is -2.64. The number of ether oxygens (including phenoxy) is 1. The van der Waals surface area contributed by atoms with Crippen molar-refractivity contribution in [1.29, 1.82) is 0 Å². The van der Waals surface area contributed by atoms with Gasteiger partial charge in [0.25, 0.3) is 5.91 Å². The fourth-order valence-electron chi connectivity index (χ4n) is 3.14. The number of amides is 1. The lowest BCUT2D eigenvalue weighted by Crippen LogP contribution is -2.37. The molecule has 0 saturated carbocycles. The number of hydrogen-bond donors (Lipinski definition) is 2. The van der Waals surface area contributed by atoms with E-state index in [2.05, 4.69) is 45.3 Å². The highest BCUT2D eigenvalue weighted by molar-refractivity contribution is 9.10. The fourth-order valence-corrected chi connectivity index (χ4v) is 3.98. The van der Waals surface area contributed by atoms with Gasteiger partial charge in [0.1, 0.15) is 5.75 Å². The molecule has 0 aliphatic heterocycles. The van der Waals surface area contributed by atoms with Crippen molar-refractivity contribution in [3.05, 3.63) is 65.1 Å². The molecular weight excluding hydrogens is 462 g/mol. The smallest absolute Gasteiger partial charge is 0.264 e. The van der Waals surface area contributed by atoms with Crippen molar-refractivity contribution in [3.8, 4) is 5.75 Å². The SMILES string of the molecule is CCN(CC)c1ccc(NC(=S)NC(=O)COc2ccc3ccccc3c2Br)cc1. The summed E-state index contributed by atoms with van der Waals surface area (Å²) in [5, 5.41) is 8.03. The lowest BCUT2D eigenvalue weighted by atomic mass is 10.1. The number of benzene rings is 3. The zero-order chi connectivity index (χ0) is 21.5. The number of hydrogen-bond acceptors (Lipinski definition) is 4. The molecule has 0 bridgehead atoms. The van der Waals surface area contributed by atoms with Gasteiger partial charge in [-0.05, 0) is 83.1 Å². The summed E-state index contributed by atoms with van der Waals surface area (Å²) in [6, 6.07) is 19.7. The van der Waals surface area contributed by atoms with E-state index in [0.717, 1.165) is 39.7 Å². The van der Waals surface area contributed by atoms with Gasteiger partial charge in [-0.1, -0.05) is 30.3 Å². The van der Waals surface area contributed by atoms with Crippen LogP contribution in [0.4, 0.5) is 11.4 Å². The van der Waals surface area contributed by atoms with Crippen molar-refractivity contribution in [3.63, 3.8) is 0 Å². The van der Waals surface area contributed by atoms with Crippen molar-refractivity contribution < 1.29 is 9.53 Å². The molecule has 0 aromatic heterocycles. The first-order valence-corrected chi connectivity index (χ1v) is 11.0. The largest absolute Gasteiger partial charge is 0.483 e. The maximum Gasteiger partial charge on any atom is 0.264 e. The Morgan fingerprint density at radius 1 is 1.03 bits per heavy atom. The van der Waals surface area contributed by atoms with E-state index < -0.39 is 0 Å². The topological polar surface area (TPSA) is 53.6 Å². The second-order valence-electron chi connectivity index (χ2n) is 6.61. The van der Waals surface area contributed by atoms with Crippen molar-refractivity contribution in [2.45, 2.75) is 13.8 Å². The minimum atomic E-state index is -0.327. The van der Waals surface area contributed by atoms with E-state index in [1.165, 1.54) is 0 Å². The second kappa shape index (κ2) is 10.4. The maximum absolute atomic E-state index is 12.2. The van der Waals surface area contributed by atoms with E-state index >= 15 is 0 Å². The van der Waals surface area contributed by atoms with Crippen LogP contribution in [0.2, 0.25) is 0 Å². The third kappa shape index (κ3) is 5.49. The van der Waals surface area contributed by atoms with Gasteiger partial charge in [-0.2, -0.15) is 0 Å². The molecule has 0 atom stereocenters. The van der Waals surface area contributed by atoms with E-state index in [-0.39, 0.29) is 17.6 Å². The summed E-state index contributed by atoms with van der Waals surface area (Å²) in [7, 11) is 0. The Labute approximate surface area is 190 Å². The molecule has 1 amide bonds. The van der Waals surface area contributed by atoms with Crippen LogP contribution in [0.25, 0.3) is 10.8 Å². The van der Waals surface area contributed by atoms with Crippen LogP contribution in [-0.4, -0.2) is 30.7 Å². The predicted molar refractivity (Wildman–Crippen MR) is 132 cm³/mol. The molecule has 0 saturated heterocycles. The van der Waals surface area contributed by atoms with Gasteiger partial charge in [0, 0.05) is 24.5 Å². The highest BCUT2D eigenvalue weighted by Crippen LogP contribution is 2.32. The first-order chi connectivity index (χ1) is 14.5. The number of halogens is 1. The zero-order valence-electron chi connectivity index (χ0n) is 16.9. The van der Waals surface area contributed by atoms with Crippen molar-refractivity contribution in [2.24, 2.45) is 0 Å². The van der Waals surface area contributed by atoms with E-state index in [1.807, 2.05) is 60.7 Å². The van der Waals surface area contributed by atoms with Gasteiger partial charge in [0.05, 0.1) is 4.47 Å². The number of nitrogens with one attached hydrogen (secondary N) is 2. The summed E-state index contributed by atoms with van der Waals surface area (Å²) < 4.78 is 6.49. The molecule has 0 radical (unpaired) electrons. The van der Waals surface area contributed by atoms with Gasteiger partial charge in [-0.25, -0.2) is 0 Å². The lowest BCUT2D eigenvalue weighted by molar-refractivity contribution is -0.121. The summed E-state index contributed by atoms with van der Waals surface area (Å²) in [5.41, 5.74) is 1.96. The molecule has 5 nitrogen and oxygen atoms in total. The van der Waals surface area contributed by atoms with Crippen LogP contribution in [0.15, 0.2) is 65.1 Å². The number of nitrogens with zero attached hydrogens (tertiary/aromatic N) is 1. The minimum absolute atomic E-state index is 0.139. The van der Waals surface area contributed by atoms with Gasteiger partial charge in [-0.3, -0.25) is 10.1 Å². The van der Waals surface area contributed by atoms with E-state index in [9.17, 15) is 4.79 Å². The first-order valence-electron chi connectivity index (χ1n) is 9.77. The Balaban J connectivity index is 1.52. The molecule has 0 heterocycles. The van der Waals surface area contributed by atoms with Crippen LogP contribution in [0.5, 0.6) is 5.75 Å². The Kier molecular flexibility index (Phi) is 7.65. The molecule has 156 valence electrons. The fraction of sp³-hybridized carbons (Fsp3) is 0.217. The summed E-state index contributed by atoms with van der Waals surface area (Å²) in [6.45, 7) is 6.01. The Morgan fingerprint density at radius 3 is 2.43 bits per heavy atom. The highest BCUT2D eigenvalue weighted by Gasteiger charge is 2.10. The normalized spacial score (nSPS) is 10.5. The molecule has 7 heteroatoms. The first kappa shape index (κ1) is 22.1.